The van der Waals surface area contributed by atoms with E-state index < -0.39 is 18.0 Å². The van der Waals surface area contributed by atoms with Crippen LogP contribution in [0.2, 0.25) is 0 Å². The van der Waals surface area contributed by atoms with Gasteiger partial charge in [0.05, 0.1) is 12.2 Å². The maximum atomic E-state index is 12.8. The Kier molecular flexibility index (Phi) is 2.88. The van der Waals surface area contributed by atoms with Crippen LogP contribution in [0.3, 0.4) is 0 Å². The van der Waals surface area contributed by atoms with E-state index in [4.69, 9.17) is 5.11 Å². The van der Waals surface area contributed by atoms with Crippen LogP contribution in [0.1, 0.15) is 22.8 Å². The molecular formula is C10H10F3N3O2. The van der Waals surface area contributed by atoms with Crippen LogP contribution in [0.4, 0.5) is 18.0 Å². The van der Waals surface area contributed by atoms with E-state index in [1.54, 1.807) is 0 Å². The summed E-state index contributed by atoms with van der Waals surface area (Å²) in [5.74, 6) is -0.00619. The van der Waals surface area contributed by atoms with Crippen molar-refractivity contribution in [2.24, 2.45) is 0 Å². The quantitative estimate of drug-likeness (QED) is 0.773. The van der Waals surface area contributed by atoms with E-state index in [1.807, 2.05) is 0 Å². The van der Waals surface area contributed by atoms with E-state index in [-0.39, 0.29) is 36.6 Å². The number of aryl methyl sites for hydroxylation is 1. The molecule has 0 atom stereocenters. The Morgan fingerprint density at radius 3 is 2.61 bits per heavy atom. The van der Waals surface area contributed by atoms with Gasteiger partial charge in [-0.1, -0.05) is 0 Å². The van der Waals surface area contributed by atoms with Crippen molar-refractivity contribution in [3.63, 3.8) is 0 Å². The molecule has 8 heteroatoms. The summed E-state index contributed by atoms with van der Waals surface area (Å²) in [4.78, 5) is 19.2. The molecule has 0 aromatic carbocycles. The molecule has 0 unspecified atom stereocenters. The monoisotopic (exact) mass is 261 g/mol. The van der Waals surface area contributed by atoms with E-state index >= 15 is 0 Å². The van der Waals surface area contributed by atoms with Gasteiger partial charge in [0.2, 0.25) is 0 Å². The molecule has 2 heterocycles. The van der Waals surface area contributed by atoms with Gasteiger partial charge in [-0.25, -0.2) is 14.8 Å². The topological polar surface area (TPSA) is 66.3 Å². The van der Waals surface area contributed by atoms with E-state index in [1.165, 1.54) is 6.92 Å². The Labute approximate surface area is 100 Å². The first-order chi connectivity index (χ1) is 8.29. The van der Waals surface area contributed by atoms with Crippen molar-refractivity contribution in [3.05, 3.63) is 22.8 Å². The molecule has 1 N–H and O–H groups in total. The first-order valence-corrected chi connectivity index (χ1v) is 5.20. The molecule has 0 spiro atoms. The number of hydrogen-bond acceptors (Lipinski definition) is 3. The third kappa shape index (κ3) is 2.22. The predicted octanol–water partition coefficient (Wildman–Crippen LogP) is 1.84. The van der Waals surface area contributed by atoms with Crippen molar-refractivity contribution >= 4 is 6.09 Å². The van der Waals surface area contributed by atoms with Crippen molar-refractivity contribution in [2.45, 2.75) is 26.1 Å². The molecule has 0 fully saturated rings. The van der Waals surface area contributed by atoms with Gasteiger partial charge in [0.1, 0.15) is 5.82 Å². The molecule has 1 aromatic heterocycles. The number of amides is 1. The lowest BCUT2D eigenvalue weighted by molar-refractivity contribution is -0.142. The zero-order valence-corrected chi connectivity index (χ0v) is 9.45. The van der Waals surface area contributed by atoms with Gasteiger partial charge in [0.15, 0.2) is 5.69 Å². The third-order valence-electron chi connectivity index (χ3n) is 2.72. The number of aromatic nitrogens is 2. The highest BCUT2D eigenvalue weighted by Gasteiger charge is 2.38. The van der Waals surface area contributed by atoms with Gasteiger partial charge in [-0.05, 0) is 13.3 Å². The largest absolute Gasteiger partial charge is 0.465 e. The first kappa shape index (κ1) is 12.6. The van der Waals surface area contributed by atoms with Crippen molar-refractivity contribution in [2.75, 3.05) is 6.54 Å². The Morgan fingerprint density at radius 1 is 1.39 bits per heavy atom. The first-order valence-electron chi connectivity index (χ1n) is 5.20. The molecule has 18 heavy (non-hydrogen) atoms. The predicted molar refractivity (Wildman–Crippen MR) is 53.9 cm³/mol. The van der Waals surface area contributed by atoms with Gasteiger partial charge in [-0.3, -0.25) is 0 Å². The highest BCUT2D eigenvalue weighted by molar-refractivity contribution is 5.65. The van der Waals surface area contributed by atoms with Gasteiger partial charge in [0.25, 0.3) is 0 Å². The summed E-state index contributed by atoms with van der Waals surface area (Å²) in [5, 5.41) is 8.82. The molecule has 0 bridgehead atoms. The van der Waals surface area contributed by atoms with Crippen LogP contribution in [0.25, 0.3) is 0 Å². The molecule has 2 rings (SSSR count). The molecule has 1 aliphatic rings. The van der Waals surface area contributed by atoms with Crippen LogP contribution in [0.15, 0.2) is 0 Å². The maximum Gasteiger partial charge on any atom is 0.433 e. The lowest BCUT2D eigenvalue weighted by Crippen LogP contribution is -2.37. The van der Waals surface area contributed by atoms with E-state index in [9.17, 15) is 18.0 Å². The van der Waals surface area contributed by atoms with E-state index in [2.05, 4.69) is 9.97 Å². The average molecular weight is 261 g/mol. The minimum Gasteiger partial charge on any atom is -0.465 e. The summed E-state index contributed by atoms with van der Waals surface area (Å²) in [5.41, 5.74) is -0.802. The van der Waals surface area contributed by atoms with Gasteiger partial charge in [-0.2, -0.15) is 13.2 Å². The van der Waals surface area contributed by atoms with Crippen LogP contribution < -0.4 is 0 Å². The number of alkyl halides is 3. The normalized spacial score (nSPS) is 15.4. The van der Waals surface area contributed by atoms with Crippen molar-refractivity contribution in [1.82, 2.24) is 14.9 Å². The van der Waals surface area contributed by atoms with Crippen molar-refractivity contribution < 1.29 is 23.1 Å². The van der Waals surface area contributed by atoms with Crippen LogP contribution in [0, 0.1) is 6.92 Å². The molecule has 5 nitrogen and oxygen atoms in total. The highest BCUT2D eigenvalue weighted by atomic mass is 19.4. The Bertz CT molecular complexity index is 502. The Hall–Kier alpha value is -1.86. The minimum absolute atomic E-state index is 0.00519. The zero-order chi connectivity index (χ0) is 13.5. The number of carbonyl (C=O) groups is 1. The molecule has 0 saturated heterocycles. The van der Waals surface area contributed by atoms with Gasteiger partial charge in [-0.15, -0.1) is 0 Å². The lowest BCUT2D eigenvalue weighted by Gasteiger charge is -2.27. The van der Waals surface area contributed by atoms with Crippen LogP contribution in [-0.4, -0.2) is 32.6 Å². The van der Waals surface area contributed by atoms with Crippen molar-refractivity contribution in [1.29, 1.82) is 0 Å². The maximum absolute atomic E-state index is 12.8. The number of hydrogen-bond donors (Lipinski definition) is 1. The summed E-state index contributed by atoms with van der Waals surface area (Å²) in [7, 11) is 0. The SMILES string of the molecule is Cc1nc2c(c(C(F)(F)F)n1)CCN(C(=O)O)C2. The Balaban J connectivity index is 2.47. The molecule has 98 valence electrons. The molecule has 1 aliphatic heterocycles. The number of fused-ring (bicyclic) bond motifs is 1. The molecule has 1 amide bonds. The smallest absolute Gasteiger partial charge is 0.433 e. The summed E-state index contributed by atoms with van der Waals surface area (Å²) < 4.78 is 38.4. The second kappa shape index (κ2) is 4.11. The van der Waals surface area contributed by atoms with Crippen LogP contribution in [0.5, 0.6) is 0 Å². The molecule has 0 saturated carbocycles. The zero-order valence-electron chi connectivity index (χ0n) is 9.45. The molecule has 1 aromatic rings. The molecular weight excluding hydrogens is 251 g/mol. The highest BCUT2D eigenvalue weighted by Crippen LogP contribution is 2.33. The van der Waals surface area contributed by atoms with Gasteiger partial charge >= 0.3 is 12.3 Å². The number of halogens is 3. The fraction of sp³-hybridized carbons (Fsp3) is 0.500. The fourth-order valence-electron chi connectivity index (χ4n) is 1.95. The van der Waals surface area contributed by atoms with Crippen LogP contribution in [-0.2, 0) is 19.1 Å². The number of nitrogens with zero attached hydrogens (tertiary/aromatic N) is 3. The molecule has 0 aliphatic carbocycles. The van der Waals surface area contributed by atoms with Gasteiger partial charge in [0, 0.05) is 12.1 Å². The number of carboxylic acid groups (broad SMARTS) is 1. The second-order valence-electron chi connectivity index (χ2n) is 4.00. The summed E-state index contributed by atoms with van der Waals surface area (Å²) in [6.45, 7) is 1.25. The van der Waals surface area contributed by atoms with Crippen LogP contribution >= 0.6 is 0 Å². The molecule has 0 radical (unpaired) electrons. The standard InChI is InChI=1S/C10H10F3N3O2/c1-5-14-7-4-16(9(17)18)3-2-6(7)8(15-5)10(11,12)13/h2-4H2,1H3,(H,17,18). The summed E-state index contributed by atoms with van der Waals surface area (Å²) in [6, 6.07) is 0. The average Bonchev–Trinajstić information content (AvgIpc) is 2.25. The second-order valence-corrected chi connectivity index (χ2v) is 4.00. The summed E-state index contributed by atoms with van der Waals surface area (Å²) in [6.07, 6.45) is -5.72. The fourth-order valence-corrected chi connectivity index (χ4v) is 1.95. The van der Waals surface area contributed by atoms with E-state index in [0.717, 1.165) is 4.90 Å². The lowest BCUT2D eigenvalue weighted by atomic mass is 10.0. The Morgan fingerprint density at radius 2 is 2.06 bits per heavy atom. The van der Waals surface area contributed by atoms with Gasteiger partial charge < -0.3 is 10.0 Å². The number of rotatable bonds is 0. The van der Waals surface area contributed by atoms with E-state index in [0.29, 0.717) is 0 Å². The minimum atomic E-state index is -4.54. The third-order valence-corrected chi connectivity index (χ3v) is 2.72. The van der Waals surface area contributed by atoms with Crippen molar-refractivity contribution in [3.8, 4) is 0 Å². The summed E-state index contributed by atoms with van der Waals surface area (Å²) >= 11 is 0.